The lowest BCUT2D eigenvalue weighted by atomic mass is 10.0. The number of hydrogen-bond donors (Lipinski definition) is 2. The highest BCUT2D eigenvalue weighted by Gasteiger charge is 2.33. The van der Waals surface area contributed by atoms with Crippen LogP contribution in [0.2, 0.25) is 0 Å². The molecule has 0 atom stereocenters. The van der Waals surface area contributed by atoms with Gasteiger partial charge in [0, 0.05) is 17.6 Å². The Morgan fingerprint density at radius 3 is 2.19 bits per heavy atom. The molecule has 0 bridgehead atoms. The van der Waals surface area contributed by atoms with Gasteiger partial charge >= 0.3 is 6.18 Å². The molecule has 3 aromatic carbocycles. The molecule has 4 rings (SSSR count). The fourth-order valence-corrected chi connectivity index (χ4v) is 3.40. The number of hydrogen-bond acceptors (Lipinski definition) is 2. The van der Waals surface area contributed by atoms with Gasteiger partial charge in [-0.2, -0.15) is 13.2 Å². The molecule has 0 fully saturated rings. The van der Waals surface area contributed by atoms with Crippen molar-refractivity contribution in [2.24, 2.45) is 5.73 Å². The summed E-state index contributed by atoms with van der Waals surface area (Å²) in [6.07, 6.45) is -3.39. The maximum atomic E-state index is 13.5. The van der Waals surface area contributed by atoms with Gasteiger partial charge in [0.1, 0.15) is 0 Å². The highest BCUT2D eigenvalue weighted by Crippen LogP contribution is 2.36. The molecule has 4 nitrogen and oxygen atoms in total. The fraction of sp³-hybridized carbons (Fsp3) is 0.160. The van der Waals surface area contributed by atoms with Crippen LogP contribution in [0.4, 0.5) is 18.9 Å². The molecule has 1 heterocycles. The Bertz CT molecular complexity index is 1280. The normalized spacial score (nSPS) is 12.2. The van der Waals surface area contributed by atoms with E-state index in [-0.39, 0.29) is 5.91 Å². The first-order chi connectivity index (χ1) is 15.0. The number of amides is 1. The highest BCUT2D eigenvalue weighted by atomic mass is 19.4. The Morgan fingerprint density at radius 1 is 0.906 bits per heavy atom. The Kier molecular flexibility index (Phi) is 5.30. The number of nitrogens with two attached hydrogens (primary N) is 1. The summed E-state index contributed by atoms with van der Waals surface area (Å²) in [7, 11) is 0. The second kappa shape index (κ2) is 7.84. The number of nitrogens with one attached hydrogen (secondary N) is 1. The zero-order valence-corrected chi connectivity index (χ0v) is 17.6. The van der Waals surface area contributed by atoms with E-state index < -0.39 is 17.3 Å². The molecule has 0 aliphatic heterocycles. The van der Waals surface area contributed by atoms with Crippen molar-refractivity contribution in [2.75, 3.05) is 5.32 Å². The van der Waals surface area contributed by atoms with Gasteiger partial charge in [-0.25, -0.2) is 0 Å². The van der Waals surface area contributed by atoms with Crippen LogP contribution < -0.4 is 11.1 Å². The van der Waals surface area contributed by atoms with Crippen molar-refractivity contribution in [2.45, 2.75) is 25.6 Å². The van der Waals surface area contributed by atoms with Gasteiger partial charge in [0.05, 0.1) is 16.8 Å². The smallest absolute Gasteiger partial charge is 0.325 e. The van der Waals surface area contributed by atoms with Gasteiger partial charge in [0.2, 0.25) is 5.91 Å². The number of carbonyl (C=O) groups excluding carboxylic acids is 1. The first kappa shape index (κ1) is 21.6. The molecule has 0 saturated heterocycles. The maximum absolute atomic E-state index is 13.5. The van der Waals surface area contributed by atoms with E-state index in [9.17, 15) is 18.0 Å². The summed E-state index contributed by atoms with van der Waals surface area (Å²) in [5.74, 6) is -0.359. The van der Waals surface area contributed by atoms with E-state index in [2.05, 4.69) is 5.32 Å². The van der Waals surface area contributed by atoms with Crippen molar-refractivity contribution in [1.82, 2.24) is 4.57 Å². The predicted molar refractivity (Wildman–Crippen MR) is 121 cm³/mol. The Labute approximate surface area is 183 Å². The molecule has 1 aromatic heterocycles. The number of aromatic nitrogens is 1. The molecular weight excluding hydrogens is 415 g/mol. The molecule has 3 N–H and O–H groups in total. The lowest BCUT2D eigenvalue weighted by molar-refractivity contribution is -0.137. The summed E-state index contributed by atoms with van der Waals surface area (Å²) in [4.78, 5) is 12.1. The van der Waals surface area contributed by atoms with E-state index in [1.54, 1.807) is 38.1 Å². The minimum absolute atomic E-state index is 0.359. The summed E-state index contributed by atoms with van der Waals surface area (Å²) in [5, 5.41) is 4.65. The molecule has 0 radical (unpaired) electrons. The van der Waals surface area contributed by atoms with E-state index >= 15 is 0 Å². The van der Waals surface area contributed by atoms with Gasteiger partial charge in [-0.05, 0) is 66.6 Å². The van der Waals surface area contributed by atoms with Gasteiger partial charge < -0.3 is 15.6 Å². The van der Waals surface area contributed by atoms with Crippen molar-refractivity contribution in [3.63, 3.8) is 0 Å². The van der Waals surface area contributed by atoms with E-state index in [1.807, 2.05) is 42.5 Å². The van der Waals surface area contributed by atoms with Crippen LogP contribution in [0.15, 0.2) is 79.0 Å². The standard InChI is InChI=1S/C25H22F3N3O/c1-24(2,29)23(32)30-20-9-11-21(12-10-20)31-15-19(25(26,27)28)14-22(31)18-8-7-16-5-3-4-6-17(16)13-18/h3-15H,29H2,1-2H3,(H,30,32). The number of fused-ring (bicyclic) bond motifs is 1. The third kappa shape index (κ3) is 4.38. The number of carbonyl (C=O) groups is 1. The summed E-state index contributed by atoms with van der Waals surface area (Å²) < 4.78 is 42.0. The van der Waals surface area contributed by atoms with Crippen LogP contribution >= 0.6 is 0 Å². The number of benzene rings is 3. The molecule has 0 unspecified atom stereocenters. The summed E-state index contributed by atoms with van der Waals surface area (Å²) in [6, 6.07) is 21.0. The van der Waals surface area contributed by atoms with Gasteiger partial charge in [-0.3, -0.25) is 4.79 Å². The average molecular weight is 437 g/mol. The second-order valence-corrected chi connectivity index (χ2v) is 8.27. The van der Waals surface area contributed by atoms with Crippen LogP contribution in [0.3, 0.4) is 0 Å². The fourth-order valence-electron chi connectivity index (χ4n) is 3.40. The number of halogens is 3. The first-order valence-electron chi connectivity index (χ1n) is 10.0. The van der Waals surface area contributed by atoms with Crippen molar-refractivity contribution in [3.8, 4) is 16.9 Å². The van der Waals surface area contributed by atoms with Gasteiger partial charge in [-0.1, -0.05) is 36.4 Å². The molecule has 32 heavy (non-hydrogen) atoms. The molecule has 1 amide bonds. The summed E-state index contributed by atoms with van der Waals surface area (Å²) >= 11 is 0. The largest absolute Gasteiger partial charge is 0.417 e. The number of alkyl halides is 3. The Morgan fingerprint density at radius 2 is 1.56 bits per heavy atom. The van der Waals surface area contributed by atoms with Crippen LogP contribution in [0.5, 0.6) is 0 Å². The quantitative estimate of drug-likeness (QED) is 0.412. The van der Waals surface area contributed by atoms with E-state index in [4.69, 9.17) is 5.73 Å². The maximum Gasteiger partial charge on any atom is 0.417 e. The molecule has 0 saturated carbocycles. The third-order valence-corrected chi connectivity index (χ3v) is 5.18. The summed E-state index contributed by atoms with van der Waals surface area (Å²) in [5.41, 5.74) is 6.14. The molecule has 0 aliphatic carbocycles. The Hall–Kier alpha value is -3.58. The van der Waals surface area contributed by atoms with Crippen LogP contribution in [-0.4, -0.2) is 16.0 Å². The molecule has 164 valence electrons. The lowest BCUT2D eigenvalue weighted by Crippen LogP contribution is -2.45. The van der Waals surface area contributed by atoms with Gasteiger partial charge in [0.25, 0.3) is 0 Å². The zero-order valence-electron chi connectivity index (χ0n) is 17.6. The number of anilines is 1. The van der Waals surface area contributed by atoms with E-state index in [0.29, 0.717) is 22.6 Å². The van der Waals surface area contributed by atoms with Crippen molar-refractivity contribution >= 4 is 22.4 Å². The average Bonchev–Trinajstić information content (AvgIpc) is 3.19. The van der Waals surface area contributed by atoms with Crippen LogP contribution in [0.25, 0.3) is 27.7 Å². The highest BCUT2D eigenvalue weighted by molar-refractivity contribution is 5.97. The Balaban J connectivity index is 1.76. The topological polar surface area (TPSA) is 60.1 Å². The van der Waals surface area contributed by atoms with Crippen LogP contribution in [0, 0.1) is 0 Å². The first-order valence-corrected chi connectivity index (χ1v) is 10.0. The van der Waals surface area contributed by atoms with Gasteiger partial charge in [0.15, 0.2) is 0 Å². The SMILES string of the molecule is CC(C)(N)C(=O)Nc1ccc(-n2cc(C(F)(F)F)cc2-c2ccc3ccccc3c2)cc1. The lowest BCUT2D eigenvalue weighted by Gasteiger charge is -2.18. The zero-order chi connectivity index (χ0) is 23.1. The minimum atomic E-state index is -4.47. The van der Waals surface area contributed by atoms with Crippen molar-refractivity contribution in [3.05, 3.63) is 84.6 Å². The van der Waals surface area contributed by atoms with E-state index in [1.165, 1.54) is 4.57 Å². The molecule has 0 aliphatic rings. The number of rotatable bonds is 4. The molecule has 4 aromatic rings. The molecule has 7 heteroatoms. The minimum Gasteiger partial charge on any atom is -0.325 e. The van der Waals surface area contributed by atoms with Crippen LogP contribution in [0.1, 0.15) is 19.4 Å². The molecular formula is C25H22F3N3O. The third-order valence-electron chi connectivity index (χ3n) is 5.18. The van der Waals surface area contributed by atoms with Crippen LogP contribution in [-0.2, 0) is 11.0 Å². The number of nitrogens with zero attached hydrogens (tertiary/aromatic N) is 1. The van der Waals surface area contributed by atoms with Crippen molar-refractivity contribution < 1.29 is 18.0 Å². The summed E-state index contributed by atoms with van der Waals surface area (Å²) in [6.45, 7) is 3.18. The predicted octanol–water partition coefficient (Wildman–Crippen LogP) is 5.99. The van der Waals surface area contributed by atoms with Gasteiger partial charge in [-0.15, -0.1) is 0 Å². The second-order valence-electron chi connectivity index (χ2n) is 8.27. The van der Waals surface area contributed by atoms with E-state index in [0.717, 1.165) is 23.0 Å². The van der Waals surface area contributed by atoms with Crippen molar-refractivity contribution in [1.29, 1.82) is 0 Å². The monoisotopic (exact) mass is 437 g/mol. The molecule has 0 spiro atoms.